The molecule has 31 heavy (non-hydrogen) atoms. The van der Waals surface area contributed by atoms with Gasteiger partial charge in [0.1, 0.15) is 11.9 Å². The Hall–Kier alpha value is -2.99. The first-order chi connectivity index (χ1) is 14.9. The number of carbonyl (C=O) groups excluding carboxylic acids is 1. The maximum absolute atomic E-state index is 13.6. The van der Waals surface area contributed by atoms with E-state index in [1.807, 2.05) is 18.2 Å². The van der Waals surface area contributed by atoms with Crippen LogP contribution in [0.1, 0.15) is 44.7 Å². The fourth-order valence-corrected chi connectivity index (χ4v) is 4.33. The van der Waals surface area contributed by atoms with Gasteiger partial charge in [0.05, 0.1) is 18.2 Å². The van der Waals surface area contributed by atoms with Crippen LogP contribution in [-0.4, -0.2) is 32.8 Å². The van der Waals surface area contributed by atoms with Gasteiger partial charge in [-0.25, -0.2) is 4.39 Å². The van der Waals surface area contributed by atoms with E-state index in [9.17, 15) is 14.3 Å². The van der Waals surface area contributed by atoms with Crippen LogP contribution in [0.15, 0.2) is 54.7 Å². The highest BCUT2D eigenvalue weighted by atomic mass is 19.1. The number of hydrogen-bond donors (Lipinski definition) is 1. The number of carbonyl (C=O) groups is 1. The number of hydrogen-bond acceptors (Lipinski definition) is 4. The van der Waals surface area contributed by atoms with E-state index >= 15 is 0 Å². The van der Waals surface area contributed by atoms with Gasteiger partial charge < -0.3 is 14.4 Å². The topological polar surface area (TPSA) is 64.3 Å². The summed E-state index contributed by atoms with van der Waals surface area (Å²) in [5.74, 6) is -0.419. The molecule has 2 atom stereocenters. The van der Waals surface area contributed by atoms with Gasteiger partial charge in [0.15, 0.2) is 0 Å². The lowest BCUT2D eigenvalue weighted by molar-refractivity contribution is -0.160. The van der Waals surface area contributed by atoms with Crippen molar-refractivity contribution in [3.63, 3.8) is 0 Å². The molecule has 1 aliphatic heterocycles. The SMILES string of the molecule is CC(C)c1c(-c2ccccn2)cc(-c2ccc(F)cc2)n1CC[C@H]1C[C@H](O)CC(=O)O1. The number of aromatic nitrogens is 2. The van der Waals surface area contributed by atoms with Crippen LogP contribution in [0.3, 0.4) is 0 Å². The Bertz CT molecular complexity index is 1040. The van der Waals surface area contributed by atoms with Gasteiger partial charge in [0.25, 0.3) is 0 Å². The van der Waals surface area contributed by atoms with E-state index in [1.54, 1.807) is 18.3 Å². The number of aliphatic hydroxyl groups excluding tert-OH is 1. The normalized spacial score (nSPS) is 18.9. The molecule has 0 bridgehead atoms. The summed E-state index contributed by atoms with van der Waals surface area (Å²) < 4.78 is 21.2. The second-order valence-corrected chi connectivity index (χ2v) is 8.35. The van der Waals surface area contributed by atoms with Gasteiger partial charge in [0.2, 0.25) is 0 Å². The molecule has 0 unspecified atom stereocenters. The van der Waals surface area contributed by atoms with E-state index in [2.05, 4.69) is 29.5 Å². The molecule has 0 amide bonds. The zero-order valence-corrected chi connectivity index (χ0v) is 17.8. The number of nitrogens with zero attached hydrogens (tertiary/aromatic N) is 2. The fourth-order valence-electron chi connectivity index (χ4n) is 4.33. The lowest BCUT2D eigenvalue weighted by Crippen LogP contribution is -2.33. The van der Waals surface area contributed by atoms with E-state index in [-0.39, 0.29) is 30.2 Å². The van der Waals surface area contributed by atoms with Crippen molar-refractivity contribution in [2.24, 2.45) is 0 Å². The molecule has 1 fully saturated rings. The first-order valence-corrected chi connectivity index (χ1v) is 10.7. The number of ether oxygens (including phenoxy) is 1. The molecule has 1 saturated heterocycles. The van der Waals surface area contributed by atoms with Gasteiger partial charge in [-0.15, -0.1) is 0 Å². The van der Waals surface area contributed by atoms with Crippen LogP contribution in [0.4, 0.5) is 4.39 Å². The summed E-state index contributed by atoms with van der Waals surface area (Å²) in [6.45, 7) is 4.88. The van der Waals surface area contributed by atoms with Gasteiger partial charge in [-0.05, 0) is 53.9 Å². The molecule has 0 spiro atoms. The summed E-state index contributed by atoms with van der Waals surface area (Å²) >= 11 is 0. The molecule has 162 valence electrons. The fraction of sp³-hybridized carbons (Fsp3) is 0.360. The molecule has 2 aromatic heterocycles. The van der Waals surface area contributed by atoms with E-state index in [0.717, 1.165) is 28.2 Å². The number of cyclic esters (lactones) is 1. The summed E-state index contributed by atoms with van der Waals surface area (Å²) in [4.78, 5) is 16.3. The third kappa shape index (κ3) is 4.69. The summed E-state index contributed by atoms with van der Waals surface area (Å²) in [5, 5.41) is 9.95. The maximum Gasteiger partial charge on any atom is 0.308 e. The van der Waals surface area contributed by atoms with Gasteiger partial charge >= 0.3 is 5.97 Å². The van der Waals surface area contributed by atoms with Crippen LogP contribution < -0.4 is 0 Å². The zero-order chi connectivity index (χ0) is 22.0. The number of halogens is 1. The molecular formula is C25H27FN2O3. The summed E-state index contributed by atoms with van der Waals surface area (Å²) in [6.07, 6.45) is 1.90. The smallest absolute Gasteiger partial charge is 0.308 e. The minimum atomic E-state index is -0.652. The second kappa shape index (κ2) is 9.02. The molecule has 0 aliphatic carbocycles. The molecule has 3 aromatic rings. The van der Waals surface area contributed by atoms with E-state index in [1.165, 1.54) is 12.1 Å². The van der Waals surface area contributed by atoms with Crippen molar-refractivity contribution in [3.8, 4) is 22.5 Å². The van der Waals surface area contributed by atoms with Gasteiger partial charge in [-0.3, -0.25) is 9.78 Å². The molecular weight excluding hydrogens is 395 g/mol. The van der Waals surface area contributed by atoms with Crippen molar-refractivity contribution >= 4 is 5.97 Å². The second-order valence-electron chi connectivity index (χ2n) is 8.35. The first kappa shape index (κ1) is 21.2. The van der Waals surface area contributed by atoms with Crippen LogP contribution in [-0.2, 0) is 16.1 Å². The molecule has 0 radical (unpaired) electrons. The highest BCUT2D eigenvalue weighted by Crippen LogP contribution is 2.36. The average Bonchev–Trinajstić information content (AvgIpc) is 3.12. The molecule has 6 heteroatoms. The summed E-state index contributed by atoms with van der Waals surface area (Å²) in [6, 6.07) is 14.4. The summed E-state index contributed by atoms with van der Waals surface area (Å²) in [5.41, 5.74) is 4.92. The third-order valence-electron chi connectivity index (χ3n) is 5.68. The van der Waals surface area contributed by atoms with Crippen molar-refractivity contribution in [2.75, 3.05) is 0 Å². The molecule has 3 heterocycles. The van der Waals surface area contributed by atoms with Crippen molar-refractivity contribution in [1.29, 1.82) is 0 Å². The molecule has 0 saturated carbocycles. The maximum atomic E-state index is 13.6. The largest absolute Gasteiger partial charge is 0.462 e. The highest BCUT2D eigenvalue weighted by Gasteiger charge is 2.28. The van der Waals surface area contributed by atoms with Crippen LogP contribution in [0.5, 0.6) is 0 Å². The van der Waals surface area contributed by atoms with Gasteiger partial charge in [0, 0.05) is 42.5 Å². The lowest BCUT2D eigenvalue weighted by atomic mass is 10.0. The Morgan fingerprint density at radius 3 is 2.65 bits per heavy atom. The van der Waals surface area contributed by atoms with Crippen molar-refractivity contribution < 1.29 is 19.0 Å². The third-order valence-corrected chi connectivity index (χ3v) is 5.68. The number of pyridine rings is 1. The molecule has 1 N–H and O–H groups in total. The highest BCUT2D eigenvalue weighted by molar-refractivity contribution is 5.74. The van der Waals surface area contributed by atoms with Crippen LogP contribution in [0, 0.1) is 5.82 Å². The number of benzene rings is 1. The number of esters is 1. The quantitative estimate of drug-likeness (QED) is 0.572. The Balaban J connectivity index is 1.76. The van der Waals surface area contributed by atoms with Crippen LogP contribution in [0.25, 0.3) is 22.5 Å². The number of aliphatic hydroxyl groups is 1. The summed E-state index contributed by atoms with van der Waals surface area (Å²) in [7, 11) is 0. The van der Waals surface area contributed by atoms with Crippen LogP contribution in [0.2, 0.25) is 0 Å². The zero-order valence-electron chi connectivity index (χ0n) is 17.8. The predicted octanol–water partition coefficient (Wildman–Crippen LogP) is 4.94. The minimum absolute atomic E-state index is 0.0575. The molecule has 4 rings (SSSR count). The Morgan fingerprint density at radius 1 is 1.23 bits per heavy atom. The molecule has 1 aliphatic rings. The Labute approximate surface area is 181 Å². The Kier molecular flexibility index (Phi) is 6.18. The predicted molar refractivity (Wildman–Crippen MR) is 117 cm³/mol. The van der Waals surface area contributed by atoms with Gasteiger partial charge in [-0.2, -0.15) is 0 Å². The lowest BCUT2D eigenvalue weighted by Gasteiger charge is -2.27. The first-order valence-electron chi connectivity index (χ1n) is 10.7. The standard InChI is InChI=1S/C25H27FN2O3/c1-16(2)25-21(22-5-3-4-11-27-22)15-23(17-6-8-18(26)9-7-17)28(25)12-10-20-13-19(29)14-24(30)31-20/h3-9,11,15-16,19-20,29H,10,12-14H2,1-2H3/t19-,20-/m0/s1. The average molecular weight is 423 g/mol. The molecule has 1 aromatic carbocycles. The monoisotopic (exact) mass is 422 g/mol. The molecule has 5 nitrogen and oxygen atoms in total. The van der Waals surface area contributed by atoms with E-state index in [0.29, 0.717) is 19.4 Å². The van der Waals surface area contributed by atoms with Gasteiger partial charge in [-0.1, -0.05) is 19.9 Å². The minimum Gasteiger partial charge on any atom is -0.462 e. The van der Waals surface area contributed by atoms with E-state index in [4.69, 9.17) is 4.74 Å². The van der Waals surface area contributed by atoms with Crippen molar-refractivity contribution in [1.82, 2.24) is 9.55 Å². The Morgan fingerprint density at radius 2 is 2.00 bits per heavy atom. The van der Waals surface area contributed by atoms with Crippen molar-refractivity contribution in [3.05, 3.63) is 66.2 Å². The van der Waals surface area contributed by atoms with Crippen molar-refractivity contribution in [2.45, 2.75) is 57.8 Å². The number of rotatable bonds is 6. The van der Waals surface area contributed by atoms with Crippen LogP contribution >= 0.6 is 0 Å². The van der Waals surface area contributed by atoms with E-state index < -0.39 is 6.10 Å².